The molecular weight excluding hydrogens is 350 g/mol. The van der Waals surface area contributed by atoms with Crippen molar-refractivity contribution in [2.75, 3.05) is 0 Å². The Morgan fingerprint density at radius 3 is 2.40 bits per heavy atom. The lowest BCUT2D eigenvalue weighted by Crippen LogP contribution is -2.09. The van der Waals surface area contributed by atoms with Gasteiger partial charge in [0.1, 0.15) is 5.02 Å². The van der Waals surface area contributed by atoms with Gasteiger partial charge in [-0.15, -0.1) is 11.8 Å². The van der Waals surface area contributed by atoms with E-state index in [0.29, 0.717) is 5.92 Å². The first-order chi connectivity index (χ1) is 12.2. The Bertz CT molecular complexity index is 830. The van der Waals surface area contributed by atoms with Gasteiger partial charge >= 0.3 is 0 Å². The number of aromatic amines is 1. The highest BCUT2D eigenvalue weighted by Gasteiger charge is 2.22. The molecule has 0 atom stereocenters. The average Bonchev–Trinajstić information content (AvgIpc) is 3.28. The van der Waals surface area contributed by atoms with Crippen LogP contribution in [0.2, 0.25) is 5.02 Å². The highest BCUT2D eigenvalue weighted by atomic mass is 35.5. The Labute approximate surface area is 157 Å². The Kier molecular flexibility index (Phi) is 5.05. The Hall–Kier alpha value is -1.45. The number of allylic oxidation sites excluding steroid dienone is 1. The third kappa shape index (κ3) is 4.21. The molecule has 0 aliphatic heterocycles. The van der Waals surface area contributed by atoms with Gasteiger partial charge < -0.3 is 4.98 Å². The summed E-state index contributed by atoms with van der Waals surface area (Å²) >= 11 is 7.88. The molecule has 2 nitrogen and oxygen atoms in total. The minimum absolute atomic E-state index is 0.225. The number of benzene rings is 1. The lowest BCUT2D eigenvalue weighted by Gasteiger charge is -2.12. The Morgan fingerprint density at radius 1 is 1.04 bits per heavy atom. The molecule has 2 fully saturated rings. The molecule has 1 aromatic heterocycles. The van der Waals surface area contributed by atoms with Crippen molar-refractivity contribution in [2.45, 2.75) is 48.7 Å². The van der Waals surface area contributed by atoms with Crippen LogP contribution in [0.1, 0.15) is 49.8 Å². The standard InChI is InChI=1S/C21H22ClNOS/c22-19-11-12-20(23-21(19)24)18(13-14-3-1-2-4-14)15-5-7-16(8-6-15)25-17-9-10-17/h5-8,11-14,17H,1-4,9-10H2,(H,23,24). The number of hydrogen-bond acceptors (Lipinski definition) is 2. The average molecular weight is 372 g/mol. The molecule has 0 radical (unpaired) electrons. The smallest absolute Gasteiger partial charge is 0.267 e. The molecule has 25 heavy (non-hydrogen) atoms. The number of pyridine rings is 1. The quantitative estimate of drug-likeness (QED) is 0.709. The third-order valence-corrected chi connectivity index (χ3v) is 6.59. The van der Waals surface area contributed by atoms with E-state index in [-0.39, 0.29) is 10.6 Å². The predicted octanol–water partition coefficient (Wildman–Crippen LogP) is 5.90. The highest BCUT2D eigenvalue weighted by molar-refractivity contribution is 8.00. The molecule has 4 heteroatoms. The van der Waals surface area contributed by atoms with E-state index in [9.17, 15) is 4.79 Å². The lowest BCUT2D eigenvalue weighted by molar-refractivity contribution is 0.687. The van der Waals surface area contributed by atoms with Gasteiger partial charge in [0.2, 0.25) is 0 Å². The zero-order chi connectivity index (χ0) is 17.2. The number of aromatic nitrogens is 1. The summed E-state index contributed by atoms with van der Waals surface area (Å²) in [5, 5.41) is 1.05. The van der Waals surface area contributed by atoms with Gasteiger partial charge in [0, 0.05) is 21.4 Å². The van der Waals surface area contributed by atoms with Crippen LogP contribution in [0.4, 0.5) is 0 Å². The fourth-order valence-electron chi connectivity index (χ4n) is 3.41. The van der Waals surface area contributed by atoms with Crippen molar-refractivity contribution < 1.29 is 0 Å². The van der Waals surface area contributed by atoms with Gasteiger partial charge in [0.15, 0.2) is 0 Å². The Balaban J connectivity index is 1.68. The van der Waals surface area contributed by atoms with Crippen LogP contribution in [0.25, 0.3) is 5.57 Å². The van der Waals surface area contributed by atoms with E-state index < -0.39 is 0 Å². The van der Waals surface area contributed by atoms with Crippen LogP contribution in [0.3, 0.4) is 0 Å². The molecule has 1 N–H and O–H groups in total. The number of halogens is 1. The molecule has 1 aromatic carbocycles. The summed E-state index contributed by atoms with van der Waals surface area (Å²) in [6, 6.07) is 12.4. The molecule has 4 rings (SSSR count). The van der Waals surface area contributed by atoms with Crippen molar-refractivity contribution in [2.24, 2.45) is 5.92 Å². The lowest BCUT2D eigenvalue weighted by atomic mass is 9.96. The largest absolute Gasteiger partial charge is 0.321 e. The molecule has 0 saturated heterocycles. The molecule has 2 aliphatic rings. The first-order valence-corrected chi connectivity index (χ1v) is 10.3. The van der Waals surface area contributed by atoms with Gasteiger partial charge in [0.25, 0.3) is 5.56 Å². The monoisotopic (exact) mass is 371 g/mol. The summed E-state index contributed by atoms with van der Waals surface area (Å²) in [5.74, 6) is 0.592. The second kappa shape index (κ2) is 7.43. The molecule has 2 aliphatic carbocycles. The third-order valence-electron chi connectivity index (χ3n) is 4.95. The first kappa shape index (κ1) is 17.0. The fraction of sp³-hybridized carbons (Fsp3) is 0.381. The van der Waals surface area contributed by atoms with Gasteiger partial charge in [-0.2, -0.15) is 0 Å². The van der Waals surface area contributed by atoms with Crippen LogP contribution in [0.5, 0.6) is 0 Å². The maximum Gasteiger partial charge on any atom is 0.267 e. The highest BCUT2D eigenvalue weighted by Crippen LogP contribution is 2.39. The van der Waals surface area contributed by atoms with E-state index in [2.05, 4.69) is 35.3 Å². The summed E-state index contributed by atoms with van der Waals surface area (Å²) in [7, 11) is 0. The van der Waals surface area contributed by atoms with Crippen LogP contribution in [0, 0.1) is 5.92 Å². The van der Waals surface area contributed by atoms with Crippen LogP contribution < -0.4 is 5.56 Å². The van der Waals surface area contributed by atoms with Gasteiger partial charge in [-0.3, -0.25) is 4.79 Å². The fourth-order valence-corrected chi connectivity index (χ4v) is 4.57. The van der Waals surface area contributed by atoms with E-state index in [1.54, 1.807) is 6.07 Å². The van der Waals surface area contributed by atoms with Crippen molar-refractivity contribution >= 4 is 28.9 Å². The van der Waals surface area contributed by atoms with Crippen molar-refractivity contribution in [3.05, 3.63) is 69.1 Å². The van der Waals surface area contributed by atoms with Crippen LogP contribution in [-0.2, 0) is 0 Å². The molecule has 2 aromatic rings. The molecule has 0 unspecified atom stereocenters. The van der Waals surface area contributed by atoms with E-state index in [4.69, 9.17) is 11.6 Å². The maximum absolute atomic E-state index is 12.0. The zero-order valence-electron chi connectivity index (χ0n) is 14.1. The second-order valence-corrected chi connectivity index (χ2v) is 8.80. The van der Waals surface area contributed by atoms with E-state index in [1.807, 2.05) is 17.8 Å². The minimum Gasteiger partial charge on any atom is -0.321 e. The molecule has 0 bridgehead atoms. The molecule has 130 valence electrons. The predicted molar refractivity (Wildman–Crippen MR) is 106 cm³/mol. The van der Waals surface area contributed by atoms with Crippen LogP contribution >= 0.6 is 23.4 Å². The Morgan fingerprint density at radius 2 is 1.76 bits per heavy atom. The van der Waals surface area contributed by atoms with E-state index in [1.165, 1.54) is 43.4 Å². The summed E-state index contributed by atoms with van der Waals surface area (Å²) in [4.78, 5) is 16.3. The molecule has 0 amide bonds. The van der Waals surface area contributed by atoms with Crippen LogP contribution in [0.15, 0.2) is 52.2 Å². The van der Waals surface area contributed by atoms with Crippen molar-refractivity contribution in [3.8, 4) is 0 Å². The van der Waals surface area contributed by atoms with Crippen molar-refractivity contribution in [1.82, 2.24) is 4.98 Å². The van der Waals surface area contributed by atoms with Gasteiger partial charge in [-0.25, -0.2) is 0 Å². The van der Waals surface area contributed by atoms with Crippen molar-refractivity contribution in [3.63, 3.8) is 0 Å². The summed E-state index contributed by atoms with van der Waals surface area (Å²) in [5.41, 5.74) is 2.90. The topological polar surface area (TPSA) is 32.9 Å². The van der Waals surface area contributed by atoms with Gasteiger partial charge in [0.05, 0.1) is 0 Å². The summed E-state index contributed by atoms with van der Waals surface area (Å²) < 4.78 is 0. The zero-order valence-corrected chi connectivity index (χ0v) is 15.7. The first-order valence-electron chi connectivity index (χ1n) is 9.07. The number of hydrogen-bond donors (Lipinski definition) is 1. The molecular formula is C21H22ClNOS. The second-order valence-electron chi connectivity index (χ2n) is 7.02. The molecule has 0 spiro atoms. The summed E-state index contributed by atoms with van der Waals surface area (Å²) in [6.07, 6.45) is 10.1. The number of thioether (sulfide) groups is 1. The van der Waals surface area contributed by atoms with Crippen molar-refractivity contribution in [1.29, 1.82) is 0 Å². The maximum atomic E-state index is 12.0. The van der Waals surface area contributed by atoms with E-state index in [0.717, 1.165) is 22.1 Å². The normalized spacial score (nSPS) is 18.7. The van der Waals surface area contributed by atoms with E-state index >= 15 is 0 Å². The van der Waals surface area contributed by atoms with Gasteiger partial charge in [-0.1, -0.05) is 42.7 Å². The van der Waals surface area contributed by atoms with Crippen LogP contribution in [-0.4, -0.2) is 10.2 Å². The van der Waals surface area contributed by atoms with Gasteiger partial charge in [-0.05, 0) is 61.4 Å². The number of H-pyrrole nitrogens is 1. The minimum atomic E-state index is -0.225. The molecule has 2 saturated carbocycles. The molecule has 1 heterocycles. The number of nitrogens with one attached hydrogen (secondary N) is 1. The number of rotatable bonds is 5. The SMILES string of the molecule is O=c1[nH]c(C(=CC2CCCC2)c2ccc(SC3CC3)cc2)ccc1Cl. The summed E-state index contributed by atoms with van der Waals surface area (Å²) in [6.45, 7) is 0.